The Labute approximate surface area is 112 Å². The van der Waals surface area contributed by atoms with Crippen LogP contribution < -0.4 is 0 Å². The van der Waals surface area contributed by atoms with Gasteiger partial charge in [-0.1, -0.05) is 17.7 Å². The number of nitrogens with zero attached hydrogens (tertiary/aromatic N) is 4. The van der Waals surface area contributed by atoms with Crippen LogP contribution >= 0.6 is 23.2 Å². The number of nitro groups is 1. The number of rotatable bonds is 4. The highest BCUT2D eigenvalue weighted by Gasteiger charge is 2.18. The van der Waals surface area contributed by atoms with E-state index >= 15 is 0 Å². The molecule has 18 heavy (non-hydrogen) atoms. The molecule has 2 rings (SSSR count). The van der Waals surface area contributed by atoms with E-state index in [1.165, 1.54) is 23.1 Å². The Balaban J connectivity index is 2.42. The number of halogens is 2. The van der Waals surface area contributed by atoms with Gasteiger partial charge in [0.15, 0.2) is 0 Å². The van der Waals surface area contributed by atoms with Crippen molar-refractivity contribution >= 4 is 28.9 Å². The van der Waals surface area contributed by atoms with Crippen molar-refractivity contribution in [3.05, 3.63) is 51.1 Å². The highest BCUT2D eigenvalue weighted by Crippen LogP contribution is 2.27. The van der Waals surface area contributed by atoms with Crippen LogP contribution in [-0.4, -0.2) is 19.7 Å². The second kappa shape index (κ2) is 5.32. The first kappa shape index (κ1) is 12.8. The molecule has 0 spiro atoms. The van der Waals surface area contributed by atoms with Crippen LogP contribution in [0.15, 0.2) is 24.5 Å². The van der Waals surface area contributed by atoms with Crippen LogP contribution in [0.25, 0.3) is 0 Å². The Morgan fingerprint density at radius 3 is 2.89 bits per heavy atom. The number of aromatic nitrogens is 3. The van der Waals surface area contributed by atoms with Crippen LogP contribution in [0.1, 0.15) is 11.4 Å². The van der Waals surface area contributed by atoms with Gasteiger partial charge in [0.25, 0.3) is 5.69 Å². The van der Waals surface area contributed by atoms with Crippen molar-refractivity contribution < 1.29 is 4.92 Å². The smallest absolute Gasteiger partial charge is 0.258 e. The minimum absolute atomic E-state index is 0.0430. The summed E-state index contributed by atoms with van der Waals surface area (Å²) in [7, 11) is 0. The average molecular weight is 287 g/mol. The lowest BCUT2D eigenvalue weighted by molar-refractivity contribution is -0.385. The van der Waals surface area contributed by atoms with E-state index in [0.29, 0.717) is 16.4 Å². The van der Waals surface area contributed by atoms with Gasteiger partial charge < -0.3 is 0 Å². The molecule has 0 N–H and O–H groups in total. The van der Waals surface area contributed by atoms with Gasteiger partial charge in [0.2, 0.25) is 0 Å². The Kier molecular flexibility index (Phi) is 3.78. The third kappa shape index (κ3) is 2.44. The van der Waals surface area contributed by atoms with Gasteiger partial charge in [0.05, 0.1) is 27.9 Å². The van der Waals surface area contributed by atoms with E-state index in [1.807, 2.05) is 0 Å². The number of hydrogen-bond acceptors (Lipinski definition) is 4. The van der Waals surface area contributed by atoms with E-state index in [1.54, 1.807) is 6.07 Å². The minimum Gasteiger partial charge on any atom is -0.258 e. The van der Waals surface area contributed by atoms with Gasteiger partial charge in [-0.25, -0.2) is 9.67 Å². The SMILES string of the molecule is O=[N+]([O-])c1cccc(Cl)c1Cn1ncnc1CCl. The molecule has 0 aliphatic heterocycles. The predicted octanol–water partition coefficient (Wildman–Crippen LogP) is 2.63. The van der Waals surface area contributed by atoms with Gasteiger partial charge in [0, 0.05) is 6.07 Å². The normalized spacial score (nSPS) is 10.6. The van der Waals surface area contributed by atoms with Crippen LogP contribution in [0.2, 0.25) is 5.02 Å². The van der Waals surface area contributed by atoms with E-state index < -0.39 is 4.92 Å². The fourth-order valence-electron chi connectivity index (χ4n) is 1.55. The Morgan fingerprint density at radius 1 is 1.44 bits per heavy atom. The summed E-state index contributed by atoms with van der Waals surface area (Å²) in [5, 5.41) is 15.2. The van der Waals surface area contributed by atoms with Crippen LogP contribution in [-0.2, 0) is 12.4 Å². The molecular weight excluding hydrogens is 279 g/mol. The van der Waals surface area contributed by atoms with Gasteiger partial charge >= 0.3 is 0 Å². The number of hydrogen-bond donors (Lipinski definition) is 0. The average Bonchev–Trinajstić information content (AvgIpc) is 2.78. The lowest BCUT2D eigenvalue weighted by Crippen LogP contribution is -2.08. The van der Waals surface area contributed by atoms with Gasteiger partial charge in [-0.15, -0.1) is 11.6 Å². The Bertz CT molecular complexity index is 585. The summed E-state index contributed by atoms with van der Waals surface area (Å²) in [6.07, 6.45) is 1.35. The van der Waals surface area contributed by atoms with Gasteiger partial charge in [-0.05, 0) is 6.07 Å². The molecular formula is C10H8Cl2N4O2. The molecule has 0 atom stereocenters. The molecule has 0 amide bonds. The lowest BCUT2D eigenvalue weighted by atomic mass is 10.2. The van der Waals surface area contributed by atoms with Gasteiger partial charge in [-0.2, -0.15) is 5.10 Å². The molecule has 8 heteroatoms. The molecule has 0 fully saturated rings. The van der Waals surface area contributed by atoms with Crippen molar-refractivity contribution in [1.29, 1.82) is 0 Å². The molecule has 1 aromatic carbocycles. The van der Waals surface area contributed by atoms with E-state index in [2.05, 4.69) is 10.1 Å². The molecule has 0 saturated carbocycles. The fraction of sp³-hybridized carbons (Fsp3) is 0.200. The van der Waals surface area contributed by atoms with E-state index in [0.717, 1.165) is 0 Å². The second-order valence-electron chi connectivity index (χ2n) is 3.46. The largest absolute Gasteiger partial charge is 0.275 e. The maximum Gasteiger partial charge on any atom is 0.275 e. The molecule has 0 unspecified atom stereocenters. The van der Waals surface area contributed by atoms with Crippen molar-refractivity contribution in [2.24, 2.45) is 0 Å². The third-order valence-corrected chi connectivity index (χ3v) is 3.01. The zero-order valence-electron chi connectivity index (χ0n) is 9.08. The van der Waals surface area contributed by atoms with Crippen molar-refractivity contribution in [3.63, 3.8) is 0 Å². The Hall–Kier alpha value is -1.66. The second-order valence-corrected chi connectivity index (χ2v) is 4.14. The highest BCUT2D eigenvalue weighted by atomic mass is 35.5. The molecule has 2 aromatic rings. The standard InChI is InChI=1S/C10H8Cl2N4O2/c11-4-10-13-6-14-15(10)5-7-8(12)2-1-3-9(7)16(17)18/h1-3,6H,4-5H2. The van der Waals surface area contributed by atoms with E-state index in [-0.39, 0.29) is 18.1 Å². The maximum absolute atomic E-state index is 10.9. The monoisotopic (exact) mass is 286 g/mol. The first-order valence-corrected chi connectivity index (χ1v) is 5.89. The van der Waals surface area contributed by atoms with Crippen LogP contribution in [0, 0.1) is 10.1 Å². The summed E-state index contributed by atoms with van der Waals surface area (Å²) in [6.45, 7) is 0.165. The first-order chi connectivity index (χ1) is 8.63. The van der Waals surface area contributed by atoms with Crippen LogP contribution in [0.4, 0.5) is 5.69 Å². The number of nitro benzene ring substituents is 1. The Morgan fingerprint density at radius 2 is 2.22 bits per heavy atom. The fourth-order valence-corrected chi connectivity index (χ4v) is 1.98. The summed E-state index contributed by atoms with van der Waals surface area (Å²) in [5.74, 6) is 0.712. The maximum atomic E-state index is 10.9. The third-order valence-electron chi connectivity index (χ3n) is 2.41. The van der Waals surface area contributed by atoms with Crippen LogP contribution in [0.3, 0.4) is 0 Å². The summed E-state index contributed by atoms with van der Waals surface area (Å²) >= 11 is 11.7. The summed E-state index contributed by atoms with van der Waals surface area (Å²) in [6, 6.07) is 4.54. The molecule has 6 nitrogen and oxygen atoms in total. The molecule has 1 aromatic heterocycles. The summed E-state index contributed by atoms with van der Waals surface area (Å²) in [4.78, 5) is 14.4. The van der Waals surface area contributed by atoms with Crippen molar-refractivity contribution in [1.82, 2.24) is 14.8 Å². The zero-order valence-corrected chi connectivity index (χ0v) is 10.6. The number of alkyl halides is 1. The molecule has 0 radical (unpaired) electrons. The van der Waals surface area contributed by atoms with Crippen molar-refractivity contribution in [2.75, 3.05) is 0 Å². The van der Waals surface area contributed by atoms with Gasteiger partial charge in [0.1, 0.15) is 12.2 Å². The van der Waals surface area contributed by atoms with Crippen molar-refractivity contribution in [3.8, 4) is 0 Å². The predicted molar refractivity (Wildman–Crippen MR) is 66.8 cm³/mol. The first-order valence-electron chi connectivity index (χ1n) is 4.98. The molecule has 0 aliphatic carbocycles. The zero-order chi connectivity index (χ0) is 13.1. The lowest BCUT2D eigenvalue weighted by Gasteiger charge is -2.07. The van der Waals surface area contributed by atoms with E-state index in [4.69, 9.17) is 23.2 Å². The number of benzene rings is 1. The molecule has 0 aliphatic rings. The summed E-state index contributed by atoms with van der Waals surface area (Å²) < 4.78 is 1.49. The molecule has 0 saturated heterocycles. The van der Waals surface area contributed by atoms with Crippen molar-refractivity contribution in [2.45, 2.75) is 12.4 Å². The molecule has 0 bridgehead atoms. The molecule has 94 valence electrons. The van der Waals surface area contributed by atoms with E-state index in [9.17, 15) is 10.1 Å². The van der Waals surface area contributed by atoms with Crippen LogP contribution in [0.5, 0.6) is 0 Å². The highest BCUT2D eigenvalue weighted by molar-refractivity contribution is 6.31. The molecule has 1 heterocycles. The topological polar surface area (TPSA) is 73.8 Å². The quantitative estimate of drug-likeness (QED) is 0.492. The minimum atomic E-state index is -0.474. The summed E-state index contributed by atoms with van der Waals surface area (Å²) in [5.41, 5.74) is 0.347. The van der Waals surface area contributed by atoms with Gasteiger partial charge in [-0.3, -0.25) is 10.1 Å².